The molecule has 1 N–H and O–H groups in total. The zero-order valence-corrected chi connectivity index (χ0v) is 16.3. The van der Waals surface area contributed by atoms with E-state index in [2.05, 4.69) is 62.0 Å². The van der Waals surface area contributed by atoms with Gasteiger partial charge in [-0.05, 0) is 83.6 Å². The highest BCUT2D eigenvalue weighted by Gasteiger charge is 2.16. The van der Waals surface area contributed by atoms with Crippen LogP contribution in [0, 0.1) is 3.57 Å². The molecule has 0 spiro atoms. The summed E-state index contributed by atoms with van der Waals surface area (Å²) in [7, 11) is 3.65. The van der Waals surface area contributed by atoms with Crippen LogP contribution in [0.2, 0.25) is 5.02 Å². The number of hydrogen-bond acceptors (Lipinski definition) is 2. The Labute approximate surface area is 152 Å². The fraction of sp³-hybridized carbons (Fsp3) is 0.250. The first kappa shape index (κ1) is 17.1. The molecule has 0 radical (unpaired) electrons. The normalized spacial score (nSPS) is 12.2. The molecule has 0 aliphatic carbocycles. The molecule has 0 saturated carbocycles. The Balaban J connectivity index is 2.35. The van der Waals surface area contributed by atoms with Crippen molar-refractivity contribution in [2.24, 2.45) is 0 Å². The van der Waals surface area contributed by atoms with E-state index in [1.54, 1.807) is 7.11 Å². The maximum Gasteiger partial charge on any atom is 0.122 e. The fourth-order valence-corrected chi connectivity index (χ4v) is 3.51. The predicted octanol–water partition coefficient (Wildman–Crippen LogP) is 5.22. The number of benzene rings is 2. The van der Waals surface area contributed by atoms with Gasteiger partial charge in [-0.25, -0.2) is 0 Å². The van der Waals surface area contributed by atoms with Gasteiger partial charge in [0.05, 0.1) is 7.11 Å². The minimum absolute atomic E-state index is 0.182. The molecule has 0 aliphatic rings. The smallest absolute Gasteiger partial charge is 0.122 e. The largest absolute Gasteiger partial charge is 0.496 e. The summed E-state index contributed by atoms with van der Waals surface area (Å²) in [5, 5.41) is 4.10. The molecule has 0 aromatic heterocycles. The second-order valence-electron chi connectivity index (χ2n) is 4.67. The van der Waals surface area contributed by atoms with Gasteiger partial charge in [0.15, 0.2) is 0 Å². The summed E-state index contributed by atoms with van der Waals surface area (Å²) in [6.45, 7) is 0. The molecule has 2 aromatic carbocycles. The molecular formula is C16H16BrClINO. The van der Waals surface area contributed by atoms with E-state index in [9.17, 15) is 0 Å². The van der Waals surface area contributed by atoms with Crippen molar-refractivity contribution in [3.05, 3.63) is 60.6 Å². The minimum Gasteiger partial charge on any atom is -0.496 e. The third-order valence-corrected chi connectivity index (χ3v) is 4.98. The highest BCUT2D eigenvalue weighted by Crippen LogP contribution is 2.31. The molecule has 2 rings (SSSR count). The maximum absolute atomic E-state index is 6.12. The average molecular weight is 481 g/mol. The standard InChI is InChI=1S/C16H16BrClINO/c1-20-15(13-9-12(19)4-5-14(13)17)8-10-7-11(18)3-6-16(10)21-2/h3-7,9,15,20H,8H2,1-2H3. The molecule has 2 aromatic rings. The van der Waals surface area contributed by atoms with Crippen molar-refractivity contribution in [2.75, 3.05) is 14.2 Å². The van der Waals surface area contributed by atoms with Crippen LogP contribution in [-0.2, 0) is 6.42 Å². The van der Waals surface area contributed by atoms with Gasteiger partial charge < -0.3 is 10.1 Å². The van der Waals surface area contributed by atoms with Crippen LogP contribution in [0.15, 0.2) is 40.9 Å². The summed E-state index contributed by atoms with van der Waals surface area (Å²) in [6, 6.07) is 12.3. The van der Waals surface area contributed by atoms with Crippen molar-refractivity contribution in [1.82, 2.24) is 5.32 Å². The Hall–Kier alpha value is -0.300. The Kier molecular flexibility index (Phi) is 6.34. The third kappa shape index (κ3) is 4.34. The predicted molar refractivity (Wildman–Crippen MR) is 100 cm³/mol. The highest BCUT2D eigenvalue weighted by molar-refractivity contribution is 14.1. The first-order valence-electron chi connectivity index (χ1n) is 6.49. The Morgan fingerprint density at radius 3 is 2.71 bits per heavy atom. The van der Waals surface area contributed by atoms with Gasteiger partial charge in [0.2, 0.25) is 0 Å². The Morgan fingerprint density at radius 1 is 1.29 bits per heavy atom. The van der Waals surface area contributed by atoms with Crippen LogP contribution in [0.4, 0.5) is 0 Å². The van der Waals surface area contributed by atoms with E-state index in [-0.39, 0.29) is 6.04 Å². The quantitative estimate of drug-likeness (QED) is 0.593. The second-order valence-corrected chi connectivity index (χ2v) is 7.20. The Bertz CT molecular complexity index is 636. The van der Waals surface area contributed by atoms with Crippen molar-refractivity contribution in [2.45, 2.75) is 12.5 Å². The van der Waals surface area contributed by atoms with Gasteiger partial charge >= 0.3 is 0 Å². The zero-order valence-electron chi connectivity index (χ0n) is 11.8. The van der Waals surface area contributed by atoms with E-state index >= 15 is 0 Å². The molecular weight excluding hydrogens is 464 g/mol. The van der Waals surface area contributed by atoms with Crippen LogP contribution in [0.5, 0.6) is 5.75 Å². The molecule has 0 fully saturated rings. The fourth-order valence-electron chi connectivity index (χ4n) is 2.28. The summed E-state index contributed by atoms with van der Waals surface area (Å²) in [4.78, 5) is 0. The van der Waals surface area contributed by atoms with E-state index in [1.165, 1.54) is 9.13 Å². The summed E-state index contributed by atoms with van der Waals surface area (Å²) >= 11 is 12.1. The van der Waals surface area contributed by atoms with Crippen LogP contribution < -0.4 is 10.1 Å². The SMILES string of the molecule is CNC(Cc1cc(Cl)ccc1OC)c1cc(I)ccc1Br. The molecule has 0 amide bonds. The van der Waals surface area contributed by atoms with Crippen LogP contribution in [0.25, 0.3) is 0 Å². The van der Waals surface area contributed by atoms with E-state index in [0.717, 1.165) is 27.2 Å². The van der Waals surface area contributed by atoms with Gasteiger partial charge in [0, 0.05) is 19.1 Å². The molecule has 21 heavy (non-hydrogen) atoms. The molecule has 1 atom stereocenters. The van der Waals surface area contributed by atoms with Crippen LogP contribution in [0.3, 0.4) is 0 Å². The first-order chi connectivity index (χ1) is 10.0. The third-order valence-electron chi connectivity index (χ3n) is 3.35. The summed E-state index contributed by atoms with van der Waals surface area (Å²) in [5.41, 5.74) is 2.32. The van der Waals surface area contributed by atoms with Crippen molar-refractivity contribution in [1.29, 1.82) is 0 Å². The van der Waals surface area contributed by atoms with Crippen LogP contribution >= 0.6 is 50.1 Å². The monoisotopic (exact) mass is 479 g/mol. The molecule has 1 unspecified atom stereocenters. The van der Waals surface area contributed by atoms with Gasteiger partial charge in [0.1, 0.15) is 5.75 Å². The summed E-state index contributed by atoms with van der Waals surface area (Å²) < 4.78 is 7.75. The van der Waals surface area contributed by atoms with Gasteiger partial charge in [-0.2, -0.15) is 0 Å². The van der Waals surface area contributed by atoms with E-state index in [4.69, 9.17) is 16.3 Å². The van der Waals surface area contributed by atoms with Crippen molar-refractivity contribution < 1.29 is 4.74 Å². The number of nitrogens with one attached hydrogen (secondary N) is 1. The van der Waals surface area contributed by atoms with E-state index in [0.29, 0.717) is 0 Å². The van der Waals surface area contributed by atoms with Crippen molar-refractivity contribution in [3.63, 3.8) is 0 Å². The van der Waals surface area contributed by atoms with Crippen LogP contribution in [-0.4, -0.2) is 14.2 Å². The second kappa shape index (κ2) is 7.81. The van der Waals surface area contributed by atoms with Gasteiger partial charge in [-0.3, -0.25) is 0 Å². The topological polar surface area (TPSA) is 21.3 Å². The number of ether oxygens (including phenoxy) is 1. The number of halogens is 3. The first-order valence-corrected chi connectivity index (χ1v) is 8.74. The van der Waals surface area contributed by atoms with E-state index < -0.39 is 0 Å². The average Bonchev–Trinajstić information content (AvgIpc) is 2.47. The number of rotatable bonds is 5. The van der Waals surface area contributed by atoms with Crippen molar-refractivity contribution in [3.8, 4) is 5.75 Å². The molecule has 5 heteroatoms. The lowest BCUT2D eigenvalue weighted by atomic mass is 9.98. The lowest BCUT2D eigenvalue weighted by Gasteiger charge is -2.20. The van der Waals surface area contributed by atoms with Gasteiger partial charge in [0.25, 0.3) is 0 Å². The molecule has 112 valence electrons. The van der Waals surface area contributed by atoms with Crippen LogP contribution in [0.1, 0.15) is 17.2 Å². The Morgan fingerprint density at radius 2 is 2.05 bits per heavy atom. The van der Waals surface area contributed by atoms with E-state index in [1.807, 2.05) is 25.2 Å². The summed E-state index contributed by atoms with van der Waals surface area (Å²) in [6.07, 6.45) is 0.804. The van der Waals surface area contributed by atoms with Gasteiger partial charge in [-0.15, -0.1) is 0 Å². The van der Waals surface area contributed by atoms with Crippen molar-refractivity contribution >= 4 is 50.1 Å². The summed E-state index contributed by atoms with van der Waals surface area (Å²) in [5.74, 6) is 0.862. The molecule has 0 aliphatic heterocycles. The molecule has 0 heterocycles. The zero-order chi connectivity index (χ0) is 15.4. The minimum atomic E-state index is 0.182. The molecule has 0 bridgehead atoms. The number of methoxy groups -OCH3 is 1. The lowest BCUT2D eigenvalue weighted by Crippen LogP contribution is -2.19. The highest BCUT2D eigenvalue weighted by atomic mass is 127. The number of likely N-dealkylation sites (N-methyl/N-ethyl adjacent to an activating group) is 1. The molecule has 2 nitrogen and oxygen atoms in total. The lowest BCUT2D eigenvalue weighted by molar-refractivity contribution is 0.406. The number of hydrogen-bond donors (Lipinski definition) is 1. The van der Waals surface area contributed by atoms with Gasteiger partial charge in [-0.1, -0.05) is 27.5 Å². The maximum atomic E-state index is 6.12. The molecule has 0 saturated heterocycles.